The standard InChI is InChI=1S/C15H13FN2/c1-11(12-6-4-7-14(16)9-12)18-15-8-3-2-5-13(15)10-17/h2-9,11,18H,1H3. The molecule has 1 N–H and O–H groups in total. The molecule has 90 valence electrons. The fourth-order valence-electron chi connectivity index (χ4n) is 1.80. The highest BCUT2D eigenvalue weighted by Gasteiger charge is 2.08. The molecule has 0 aliphatic heterocycles. The lowest BCUT2D eigenvalue weighted by Gasteiger charge is -2.16. The highest BCUT2D eigenvalue weighted by atomic mass is 19.1. The molecule has 2 nitrogen and oxygen atoms in total. The number of nitrogens with zero attached hydrogens (tertiary/aromatic N) is 1. The Morgan fingerprint density at radius 3 is 2.67 bits per heavy atom. The topological polar surface area (TPSA) is 35.8 Å². The minimum absolute atomic E-state index is 0.0600. The Kier molecular flexibility index (Phi) is 3.59. The highest BCUT2D eigenvalue weighted by molar-refractivity contribution is 5.58. The third-order valence-electron chi connectivity index (χ3n) is 2.77. The molecule has 0 spiro atoms. The van der Waals surface area contributed by atoms with E-state index in [1.54, 1.807) is 12.1 Å². The lowest BCUT2D eigenvalue weighted by atomic mass is 10.1. The molecule has 0 heterocycles. The van der Waals surface area contributed by atoms with Gasteiger partial charge in [0.2, 0.25) is 0 Å². The van der Waals surface area contributed by atoms with E-state index in [0.29, 0.717) is 5.56 Å². The van der Waals surface area contributed by atoms with Gasteiger partial charge in [0, 0.05) is 6.04 Å². The van der Waals surface area contributed by atoms with Crippen molar-refractivity contribution in [1.82, 2.24) is 0 Å². The van der Waals surface area contributed by atoms with Crippen LogP contribution in [0.4, 0.5) is 10.1 Å². The first-order chi connectivity index (χ1) is 8.70. The third kappa shape index (κ3) is 2.67. The molecule has 2 rings (SSSR count). The summed E-state index contributed by atoms with van der Waals surface area (Å²) in [5.74, 6) is -0.255. The van der Waals surface area contributed by atoms with E-state index in [2.05, 4.69) is 11.4 Å². The number of anilines is 1. The summed E-state index contributed by atoms with van der Waals surface area (Å²) >= 11 is 0. The van der Waals surface area contributed by atoms with Gasteiger partial charge in [0.05, 0.1) is 11.3 Å². The molecule has 0 amide bonds. The van der Waals surface area contributed by atoms with E-state index in [1.165, 1.54) is 12.1 Å². The number of benzene rings is 2. The molecule has 0 aliphatic rings. The molecule has 2 aromatic rings. The Labute approximate surface area is 106 Å². The van der Waals surface area contributed by atoms with E-state index in [-0.39, 0.29) is 11.9 Å². The van der Waals surface area contributed by atoms with Crippen molar-refractivity contribution < 1.29 is 4.39 Å². The van der Waals surface area contributed by atoms with Crippen molar-refractivity contribution in [3.8, 4) is 6.07 Å². The molecule has 0 saturated carbocycles. The molecular weight excluding hydrogens is 227 g/mol. The SMILES string of the molecule is CC(Nc1ccccc1C#N)c1cccc(F)c1. The van der Waals surface area contributed by atoms with Crippen LogP contribution in [0.5, 0.6) is 0 Å². The average Bonchev–Trinajstić information content (AvgIpc) is 2.39. The van der Waals surface area contributed by atoms with Crippen molar-refractivity contribution in [2.45, 2.75) is 13.0 Å². The smallest absolute Gasteiger partial charge is 0.123 e. The van der Waals surface area contributed by atoms with Gasteiger partial charge in [-0.15, -0.1) is 0 Å². The molecule has 0 bridgehead atoms. The van der Waals surface area contributed by atoms with Crippen LogP contribution in [-0.2, 0) is 0 Å². The van der Waals surface area contributed by atoms with Crippen molar-refractivity contribution in [2.24, 2.45) is 0 Å². The average molecular weight is 240 g/mol. The van der Waals surface area contributed by atoms with E-state index in [4.69, 9.17) is 5.26 Å². The molecule has 0 aliphatic carbocycles. The molecule has 2 aromatic carbocycles. The van der Waals surface area contributed by atoms with E-state index in [1.807, 2.05) is 31.2 Å². The Balaban J connectivity index is 2.22. The van der Waals surface area contributed by atoms with Gasteiger partial charge in [0.15, 0.2) is 0 Å². The van der Waals surface area contributed by atoms with Gasteiger partial charge in [-0.3, -0.25) is 0 Å². The summed E-state index contributed by atoms with van der Waals surface area (Å²) < 4.78 is 13.1. The number of nitrogens with one attached hydrogen (secondary N) is 1. The van der Waals surface area contributed by atoms with Crippen molar-refractivity contribution in [3.63, 3.8) is 0 Å². The zero-order chi connectivity index (χ0) is 13.0. The number of para-hydroxylation sites is 1. The lowest BCUT2D eigenvalue weighted by Crippen LogP contribution is -2.07. The third-order valence-corrected chi connectivity index (χ3v) is 2.77. The van der Waals surface area contributed by atoms with Crippen LogP contribution in [-0.4, -0.2) is 0 Å². The van der Waals surface area contributed by atoms with Crippen LogP contribution in [0.25, 0.3) is 0 Å². The van der Waals surface area contributed by atoms with Crippen molar-refractivity contribution in [3.05, 3.63) is 65.5 Å². The van der Waals surface area contributed by atoms with Gasteiger partial charge < -0.3 is 5.32 Å². The van der Waals surface area contributed by atoms with Crippen LogP contribution in [0.1, 0.15) is 24.1 Å². The zero-order valence-electron chi connectivity index (χ0n) is 10.0. The second-order valence-electron chi connectivity index (χ2n) is 4.08. The van der Waals surface area contributed by atoms with Crippen LogP contribution in [0.3, 0.4) is 0 Å². The quantitative estimate of drug-likeness (QED) is 0.884. The first-order valence-corrected chi connectivity index (χ1v) is 5.72. The van der Waals surface area contributed by atoms with Gasteiger partial charge in [0.25, 0.3) is 0 Å². The largest absolute Gasteiger partial charge is 0.377 e. The summed E-state index contributed by atoms with van der Waals surface area (Å²) in [6, 6.07) is 15.8. The van der Waals surface area contributed by atoms with Gasteiger partial charge in [-0.2, -0.15) is 5.26 Å². The fraction of sp³-hybridized carbons (Fsp3) is 0.133. The Bertz CT molecular complexity index is 587. The van der Waals surface area contributed by atoms with Crippen molar-refractivity contribution >= 4 is 5.69 Å². The Hall–Kier alpha value is -2.34. The van der Waals surface area contributed by atoms with Gasteiger partial charge in [-0.05, 0) is 36.8 Å². The monoisotopic (exact) mass is 240 g/mol. The van der Waals surface area contributed by atoms with E-state index < -0.39 is 0 Å². The number of rotatable bonds is 3. The predicted molar refractivity (Wildman–Crippen MR) is 69.6 cm³/mol. The van der Waals surface area contributed by atoms with Crippen molar-refractivity contribution in [1.29, 1.82) is 5.26 Å². The second kappa shape index (κ2) is 5.33. The summed E-state index contributed by atoms with van der Waals surface area (Å²) in [6.07, 6.45) is 0. The number of halogens is 1. The van der Waals surface area contributed by atoms with Gasteiger partial charge in [0.1, 0.15) is 11.9 Å². The summed E-state index contributed by atoms with van der Waals surface area (Å²) in [7, 11) is 0. The molecule has 18 heavy (non-hydrogen) atoms. The van der Waals surface area contributed by atoms with E-state index in [9.17, 15) is 4.39 Å². The molecular formula is C15H13FN2. The van der Waals surface area contributed by atoms with Crippen LogP contribution in [0, 0.1) is 17.1 Å². The van der Waals surface area contributed by atoms with Gasteiger partial charge in [-0.25, -0.2) is 4.39 Å². The number of nitriles is 1. The minimum Gasteiger partial charge on any atom is -0.377 e. The molecule has 0 aromatic heterocycles. The van der Waals surface area contributed by atoms with E-state index in [0.717, 1.165) is 11.3 Å². The summed E-state index contributed by atoms with van der Waals surface area (Å²) in [5.41, 5.74) is 2.19. The number of hydrogen-bond donors (Lipinski definition) is 1. The van der Waals surface area contributed by atoms with Crippen molar-refractivity contribution in [2.75, 3.05) is 5.32 Å². The molecule has 0 radical (unpaired) electrons. The molecule has 0 fully saturated rings. The normalized spacial score (nSPS) is 11.6. The molecule has 3 heteroatoms. The predicted octanol–water partition coefficient (Wildman–Crippen LogP) is 3.87. The number of hydrogen-bond acceptors (Lipinski definition) is 2. The summed E-state index contributed by atoms with van der Waals surface area (Å²) in [5, 5.41) is 12.2. The first kappa shape index (κ1) is 12.1. The fourth-order valence-corrected chi connectivity index (χ4v) is 1.80. The highest BCUT2D eigenvalue weighted by Crippen LogP contribution is 2.22. The van der Waals surface area contributed by atoms with Crippen LogP contribution < -0.4 is 5.32 Å². The van der Waals surface area contributed by atoms with Crippen LogP contribution in [0.15, 0.2) is 48.5 Å². The minimum atomic E-state index is -0.255. The summed E-state index contributed by atoms with van der Waals surface area (Å²) in [6.45, 7) is 1.93. The lowest BCUT2D eigenvalue weighted by molar-refractivity contribution is 0.623. The van der Waals surface area contributed by atoms with Crippen LogP contribution >= 0.6 is 0 Å². The van der Waals surface area contributed by atoms with Gasteiger partial charge >= 0.3 is 0 Å². The maximum atomic E-state index is 13.1. The molecule has 1 atom stereocenters. The summed E-state index contributed by atoms with van der Waals surface area (Å²) in [4.78, 5) is 0. The van der Waals surface area contributed by atoms with Crippen LogP contribution in [0.2, 0.25) is 0 Å². The molecule has 0 saturated heterocycles. The molecule has 1 unspecified atom stereocenters. The van der Waals surface area contributed by atoms with E-state index >= 15 is 0 Å². The Morgan fingerprint density at radius 1 is 1.17 bits per heavy atom. The first-order valence-electron chi connectivity index (χ1n) is 5.72. The maximum Gasteiger partial charge on any atom is 0.123 e. The maximum absolute atomic E-state index is 13.1. The van der Waals surface area contributed by atoms with Gasteiger partial charge in [-0.1, -0.05) is 24.3 Å². The second-order valence-corrected chi connectivity index (χ2v) is 4.08. The Morgan fingerprint density at radius 2 is 1.94 bits per heavy atom. The zero-order valence-corrected chi connectivity index (χ0v) is 10.0.